The monoisotopic (exact) mass is 501 g/mol. The smallest absolute Gasteiger partial charge is 0.253 e. The van der Waals surface area contributed by atoms with Crippen LogP contribution in [-0.2, 0) is 19.1 Å². The molecule has 0 radical (unpaired) electrons. The number of nitrogens with zero attached hydrogens (tertiary/aromatic N) is 3. The van der Waals surface area contributed by atoms with E-state index in [-0.39, 0.29) is 30.9 Å². The van der Waals surface area contributed by atoms with Gasteiger partial charge in [0.2, 0.25) is 11.8 Å². The zero-order valence-electron chi connectivity index (χ0n) is 20.8. The van der Waals surface area contributed by atoms with E-state index >= 15 is 0 Å². The van der Waals surface area contributed by atoms with E-state index in [1.807, 2.05) is 73.7 Å². The average molecular weight is 502 g/mol. The Morgan fingerprint density at radius 2 is 1.78 bits per heavy atom. The number of hydrogen-bond acceptors (Lipinski definition) is 5. The molecule has 8 nitrogen and oxygen atoms in total. The number of amides is 3. The van der Waals surface area contributed by atoms with Crippen LogP contribution in [0.2, 0.25) is 0 Å². The van der Waals surface area contributed by atoms with Gasteiger partial charge in [0, 0.05) is 31.9 Å². The van der Waals surface area contributed by atoms with Gasteiger partial charge in [-0.25, -0.2) is 0 Å². The summed E-state index contributed by atoms with van der Waals surface area (Å²) >= 11 is 0. The molecule has 4 aliphatic rings. The number of likely N-dealkylation sites (tertiary alicyclic amines) is 1. The number of carbonyl (C=O) groups excluding carboxylic acids is 3. The SMILES string of the molecule is CCCN1CC=C[C@H]2O[C@]34C=CCN(c5ccc6ccccc6c5)C(=O)C3N(CCO)C(=O)[C@@H]4[C@H]2C1=O. The summed E-state index contributed by atoms with van der Waals surface area (Å²) in [4.78, 5) is 46.7. The molecule has 0 aliphatic carbocycles. The van der Waals surface area contributed by atoms with Gasteiger partial charge in [-0.3, -0.25) is 14.4 Å². The third kappa shape index (κ3) is 3.54. The molecule has 8 heteroatoms. The normalized spacial score (nSPS) is 31.0. The molecule has 3 amide bonds. The molecule has 1 spiro atoms. The van der Waals surface area contributed by atoms with E-state index in [9.17, 15) is 19.5 Å². The lowest BCUT2D eigenvalue weighted by Gasteiger charge is -2.35. The minimum Gasteiger partial charge on any atom is -0.395 e. The molecule has 0 bridgehead atoms. The number of fused-ring (bicyclic) bond motifs is 3. The zero-order chi connectivity index (χ0) is 25.7. The maximum Gasteiger partial charge on any atom is 0.253 e. The Bertz CT molecular complexity index is 1320. The van der Waals surface area contributed by atoms with Gasteiger partial charge < -0.3 is 24.5 Å². The summed E-state index contributed by atoms with van der Waals surface area (Å²) in [5.41, 5.74) is -0.554. The highest BCUT2D eigenvalue weighted by atomic mass is 16.5. The molecule has 37 heavy (non-hydrogen) atoms. The van der Waals surface area contributed by atoms with Crippen LogP contribution in [0.4, 0.5) is 5.69 Å². The minimum atomic E-state index is -1.28. The number of β-amino-alcohol motifs (C(OH)–C–C–N with tert-alkyl or cyclic N) is 1. The van der Waals surface area contributed by atoms with Gasteiger partial charge in [-0.1, -0.05) is 61.6 Å². The van der Waals surface area contributed by atoms with Crippen molar-refractivity contribution in [1.29, 1.82) is 0 Å². The summed E-state index contributed by atoms with van der Waals surface area (Å²) in [5, 5.41) is 11.9. The number of hydrogen-bond donors (Lipinski definition) is 1. The second-order valence-corrected chi connectivity index (χ2v) is 10.2. The zero-order valence-corrected chi connectivity index (χ0v) is 20.8. The first kappa shape index (κ1) is 23.9. The van der Waals surface area contributed by atoms with Crippen molar-refractivity contribution in [3.63, 3.8) is 0 Å². The van der Waals surface area contributed by atoms with Crippen LogP contribution in [0.15, 0.2) is 66.8 Å². The molecule has 0 saturated carbocycles. The van der Waals surface area contributed by atoms with Crippen LogP contribution in [0.1, 0.15) is 13.3 Å². The van der Waals surface area contributed by atoms with Crippen molar-refractivity contribution in [2.75, 3.05) is 37.7 Å². The first-order chi connectivity index (χ1) is 18.0. The van der Waals surface area contributed by atoms with Gasteiger partial charge in [-0.2, -0.15) is 0 Å². The lowest BCUT2D eigenvalue weighted by Crippen LogP contribution is -2.55. The second kappa shape index (κ2) is 9.11. The van der Waals surface area contributed by atoms with Crippen molar-refractivity contribution < 1.29 is 24.2 Å². The molecule has 1 N–H and O–H groups in total. The molecule has 1 unspecified atom stereocenters. The summed E-state index contributed by atoms with van der Waals surface area (Å²) in [5.74, 6) is -2.25. The molecular weight excluding hydrogens is 470 g/mol. The largest absolute Gasteiger partial charge is 0.395 e. The van der Waals surface area contributed by atoms with E-state index in [4.69, 9.17) is 4.74 Å². The van der Waals surface area contributed by atoms with Crippen molar-refractivity contribution in [1.82, 2.24) is 9.80 Å². The van der Waals surface area contributed by atoms with Crippen LogP contribution in [-0.4, -0.2) is 83.2 Å². The molecule has 6 rings (SSSR count). The summed E-state index contributed by atoms with van der Waals surface area (Å²) < 4.78 is 6.60. The Hall–Kier alpha value is -3.49. The highest BCUT2D eigenvalue weighted by molar-refractivity contribution is 6.06. The van der Waals surface area contributed by atoms with Crippen LogP contribution >= 0.6 is 0 Å². The van der Waals surface area contributed by atoms with E-state index in [0.717, 1.165) is 22.9 Å². The number of carbonyl (C=O) groups is 3. The molecule has 2 fully saturated rings. The Labute approximate surface area is 215 Å². The standard InChI is InChI=1S/C29H31N3O5/c1-2-13-30-14-5-9-22-23(26(30)34)24-27(35)32(16-17-33)25-28(36)31(15-6-12-29(24,25)37-22)21-11-10-19-7-3-4-8-20(19)18-21/h3-12,18,22-25,33H,2,13-17H2,1H3/t22-,23+,24+,25?,29+/m1/s1. The predicted molar refractivity (Wildman–Crippen MR) is 139 cm³/mol. The van der Waals surface area contributed by atoms with Crippen molar-refractivity contribution in [2.24, 2.45) is 11.8 Å². The van der Waals surface area contributed by atoms with Crippen molar-refractivity contribution in [2.45, 2.75) is 31.1 Å². The summed E-state index contributed by atoms with van der Waals surface area (Å²) in [6, 6.07) is 12.8. The Kier molecular flexibility index (Phi) is 5.88. The quantitative estimate of drug-likeness (QED) is 0.634. The summed E-state index contributed by atoms with van der Waals surface area (Å²) in [6.07, 6.45) is 7.71. The maximum atomic E-state index is 14.3. The van der Waals surface area contributed by atoms with Crippen LogP contribution in [0.3, 0.4) is 0 Å². The molecule has 0 aromatic heterocycles. The number of aliphatic hydroxyl groups is 1. The van der Waals surface area contributed by atoms with Gasteiger partial charge in [-0.15, -0.1) is 0 Å². The van der Waals surface area contributed by atoms with E-state index in [2.05, 4.69) is 0 Å². The van der Waals surface area contributed by atoms with Gasteiger partial charge >= 0.3 is 0 Å². The molecule has 4 heterocycles. The molecular formula is C29H31N3O5. The van der Waals surface area contributed by atoms with E-state index < -0.39 is 29.6 Å². The van der Waals surface area contributed by atoms with E-state index in [1.54, 1.807) is 9.80 Å². The molecule has 2 aromatic rings. The number of ether oxygens (including phenoxy) is 1. The van der Waals surface area contributed by atoms with Crippen LogP contribution in [0, 0.1) is 11.8 Å². The first-order valence-corrected chi connectivity index (χ1v) is 13.0. The maximum absolute atomic E-state index is 14.3. The van der Waals surface area contributed by atoms with Gasteiger partial charge in [0.25, 0.3) is 5.91 Å². The fourth-order valence-corrected chi connectivity index (χ4v) is 6.58. The highest BCUT2D eigenvalue weighted by Gasteiger charge is 2.71. The molecule has 2 saturated heterocycles. The topological polar surface area (TPSA) is 90.4 Å². The lowest BCUT2D eigenvalue weighted by atomic mass is 9.77. The third-order valence-corrected chi connectivity index (χ3v) is 8.12. The Morgan fingerprint density at radius 3 is 2.57 bits per heavy atom. The minimum absolute atomic E-state index is 0.00363. The molecule has 192 valence electrons. The van der Waals surface area contributed by atoms with Gasteiger partial charge in [-0.05, 0) is 29.3 Å². The highest BCUT2D eigenvalue weighted by Crippen LogP contribution is 2.53. The summed E-state index contributed by atoms with van der Waals surface area (Å²) in [7, 11) is 0. The predicted octanol–water partition coefficient (Wildman–Crippen LogP) is 2.12. The fraction of sp³-hybridized carbons (Fsp3) is 0.414. The third-order valence-electron chi connectivity index (χ3n) is 8.12. The molecule has 2 aromatic carbocycles. The number of rotatable bonds is 5. The number of benzene rings is 2. The fourth-order valence-electron chi connectivity index (χ4n) is 6.58. The number of anilines is 1. The molecule has 4 aliphatic heterocycles. The molecule has 5 atom stereocenters. The Balaban J connectivity index is 1.43. The lowest BCUT2D eigenvalue weighted by molar-refractivity contribution is -0.144. The van der Waals surface area contributed by atoms with E-state index in [1.165, 1.54) is 4.90 Å². The first-order valence-electron chi connectivity index (χ1n) is 13.0. The number of aliphatic hydroxyl groups excluding tert-OH is 1. The van der Waals surface area contributed by atoms with Gasteiger partial charge in [0.15, 0.2) is 0 Å². The average Bonchev–Trinajstić information content (AvgIpc) is 3.21. The summed E-state index contributed by atoms with van der Waals surface area (Å²) in [6.45, 7) is 3.10. The second-order valence-electron chi connectivity index (χ2n) is 10.2. The van der Waals surface area contributed by atoms with Gasteiger partial charge in [0.05, 0.1) is 24.5 Å². The van der Waals surface area contributed by atoms with Crippen molar-refractivity contribution in [3.8, 4) is 0 Å². The van der Waals surface area contributed by atoms with Gasteiger partial charge in [0.1, 0.15) is 11.6 Å². The van der Waals surface area contributed by atoms with Crippen molar-refractivity contribution >= 4 is 34.2 Å². The van der Waals surface area contributed by atoms with Crippen molar-refractivity contribution in [3.05, 3.63) is 66.8 Å². The van der Waals surface area contributed by atoms with Crippen LogP contribution < -0.4 is 4.90 Å². The van der Waals surface area contributed by atoms with Crippen LogP contribution in [0.25, 0.3) is 10.8 Å². The Morgan fingerprint density at radius 1 is 0.973 bits per heavy atom. The van der Waals surface area contributed by atoms with E-state index in [0.29, 0.717) is 19.6 Å². The van der Waals surface area contributed by atoms with Crippen LogP contribution in [0.5, 0.6) is 0 Å².